The molecule has 0 saturated carbocycles. The molecule has 0 spiro atoms. The van der Waals surface area contributed by atoms with Gasteiger partial charge in [0.2, 0.25) is 0 Å². The van der Waals surface area contributed by atoms with Gasteiger partial charge in [0.05, 0.1) is 10.8 Å². The molecule has 1 unspecified atom stereocenters. The molecule has 1 rings (SSSR count). The minimum Gasteiger partial charge on any atom is -0.399 e. The Labute approximate surface area is 93.1 Å². The summed E-state index contributed by atoms with van der Waals surface area (Å²) in [6, 6.07) is 5.48. The van der Waals surface area contributed by atoms with E-state index >= 15 is 0 Å². The molecule has 0 aliphatic heterocycles. The van der Waals surface area contributed by atoms with Crippen LogP contribution in [0.25, 0.3) is 0 Å². The number of anilines is 1. The summed E-state index contributed by atoms with van der Waals surface area (Å²) in [5.41, 5.74) is 7.33. The molecule has 0 aliphatic carbocycles. The quantitative estimate of drug-likeness (QED) is 0.615. The first-order valence-corrected chi connectivity index (χ1v) is 6.20. The zero-order valence-corrected chi connectivity index (χ0v) is 9.97. The van der Waals surface area contributed by atoms with Gasteiger partial charge in [0, 0.05) is 30.1 Å². The molecule has 0 heterocycles. The highest BCUT2D eigenvalue weighted by atomic mass is 32.2. The monoisotopic (exact) mass is 227 g/mol. The fraction of sp³-hybridized carbons (Fsp3) is 0.455. The molecule has 1 aromatic rings. The Kier molecular flexibility index (Phi) is 4.78. The number of rotatable bonds is 5. The van der Waals surface area contributed by atoms with Crippen LogP contribution < -0.4 is 5.73 Å². The zero-order chi connectivity index (χ0) is 11.3. The van der Waals surface area contributed by atoms with Crippen molar-refractivity contribution in [1.29, 1.82) is 0 Å². The smallest absolute Gasteiger partial charge is 0.0533 e. The van der Waals surface area contributed by atoms with Crippen molar-refractivity contribution in [2.24, 2.45) is 0 Å². The van der Waals surface area contributed by atoms with E-state index in [2.05, 4.69) is 0 Å². The van der Waals surface area contributed by atoms with Crippen LogP contribution in [-0.2, 0) is 15.5 Å². The normalized spacial score (nSPS) is 12.7. The average Bonchev–Trinajstić information content (AvgIpc) is 2.17. The van der Waals surface area contributed by atoms with E-state index < -0.39 is 10.8 Å². The molecule has 3 nitrogen and oxygen atoms in total. The number of hydrogen-bond acceptors (Lipinski definition) is 3. The molecule has 0 aromatic heterocycles. The zero-order valence-electron chi connectivity index (χ0n) is 9.16. The second-order valence-corrected chi connectivity index (χ2v) is 4.96. The minimum atomic E-state index is -0.940. The first-order chi connectivity index (χ1) is 7.15. The second-order valence-electron chi connectivity index (χ2n) is 3.42. The Morgan fingerprint density at radius 3 is 2.80 bits per heavy atom. The largest absolute Gasteiger partial charge is 0.399 e. The third kappa shape index (κ3) is 3.64. The molecule has 0 amide bonds. The number of aryl methyl sites for hydroxylation is 1. The van der Waals surface area contributed by atoms with Crippen LogP contribution in [0.4, 0.5) is 5.69 Å². The lowest BCUT2D eigenvalue weighted by Crippen LogP contribution is -2.03. The molecule has 0 radical (unpaired) electrons. The maximum absolute atomic E-state index is 11.9. The number of benzene rings is 1. The highest BCUT2D eigenvalue weighted by Gasteiger charge is 2.06. The van der Waals surface area contributed by atoms with Crippen molar-refractivity contribution in [2.75, 3.05) is 25.2 Å². The van der Waals surface area contributed by atoms with Gasteiger partial charge in [-0.2, -0.15) is 0 Å². The number of methoxy groups -OCH3 is 1. The van der Waals surface area contributed by atoms with Crippen molar-refractivity contribution in [3.63, 3.8) is 0 Å². The van der Waals surface area contributed by atoms with Gasteiger partial charge in [0.15, 0.2) is 0 Å². The van der Waals surface area contributed by atoms with Gasteiger partial charge in [-0.15, -0.1) is 0 Å². The third-order valence-electron chi connectivity index (χ3n) is 2.12. The van der Waals surface area contributed by atoms with Gasteiger partial charge in [-0.3, -0.25) is 4.21 Å². The maximum atomic E-state index is 11.9. The summed E-state index contributed by atoms with van der Waals surface area (Å²) < 4.78 is 16.8. The molecular weight excluding hydrogens is 210 g/mol. The van der Waals surface area contributed by atoms with E-state index in [0.717, 1.165) is 16.9 Å². The number of hydrogen-bond donors (Lipinski definition) is 1. The Balaban J connectivity index is 2.65. The lowest BCUT2D eigenvalue weighted by atomic mass is 10.2. The lowest BCUT2D eigenvalue weighted by molar-refractivity contribution is 0.200. The van der Waals surface area contributed by atoms with Crippen LogP contribution in [0.15, 0.2) is 23.1 Å². The Hall–Kier alpha value is -0.870. The molecule has 1 aromatic carbocycles. The van der Waals surface area contributed by atoms with Gasteiger partial charge < -0.3 is 10.5 Å². The molecule has 15 heavy (non-hydrogen) atoms. The Bertz CT molecular complexity index is 352. The first-order valence-electron chi connectivity index (χ1n) is 4.88. The van der Waals surface area contributed by atoms with Gasteiger partial charge in [0.1, 0.15) is 0 Å². The molecule has 0 aliphatic rings. The summed E-state index contributed by atoms with van der Waals surface area (Å²) in [5, 5.41) is 0. The topological polar surface area (TPSA) is 52.3 Å². The molecular formula is C11H17NO2S. The van der Waals surface area contributed by atoms with Gasteiger partial charge >= 0.3 is 0 Å². The molecule has 0 bridgehead atoms. The fourth-order valence-corrected chi connectivity index (χ4v) is 2.61. The van der Waals surface area contributed by atoms with Gasteiger partial charge in [-0.05, 0) is 37.1 Å². The van der Waals surface area contributed by atoms with Gasteiger partial charge in [-0.1, -0.05) is 0 Å². The summed E-state index contributed by atoms with van der Waals surface area (Å²) in [6.07, 6.45) is 0.812. The third-order valence-corrected chi connectivity index (χ3v) is 3.73. The molecule has 1 atom stereocenters. The van der Waals surface area contributed by atoms with Crippen LogP contribution in [0.2, 0.25) is 0 Å². The minimum absolute atomic E-state index is 0.637. The lowest BCUT2D eigenvalue weighted by Gasteiger charge is -2.06. The van der Waals surface area contributed by atoms with Crippen LogP contribution in [0.1, 0.15) is 12.0 Å². The van der Waals surface area contributed by atoms with Crippen molar-refractivity contribution in [2.45, 2.75) is 18.2 Å². The van der Waals surface area contributed by atoms with E-state index in [1.807, 2.05) is 19.1 Å². The fourth-order valence-electron chi connectivity index (χ4n) is 1.37. The SMILES string of the molecule is COCCCS(=O)c1ccc(N)cc1C. The second kappa shape index (κ2) is 5.88. The van der Waals surface area contributed by atoms with Crippen molar-refractivity contribution in [1.82, 2.24) is 0 Å². The summed E-state index contributed by atoms with van der Waals surface area (Å²) in [6.45, 7) is 2.58. The first kappa shape index (κ1) is 12.2. The van der Waals surface area contributed by atoms with E-state index in [0.29, 0.717) is 18.0 Å². The van der Waals surface area contributed by atoms with E-state index in [1.54, 1.807) is 13.2 Å². The van der Waals surface area contributed by atoms with Crippen molar-refractivity contribution < 1.29 is 8.95 Å². The van der Waals surface area contributed by atoms with Crippen molar-refractivity contribution in [3.05, 3.63) is 23.8 Å². The van der Waals surface area contributed by atoms with Crippen LogP contribution in [0, 0.1) is 6.92 Å². The predicted octanol–water partition coefficient (Wildman–Crippen LogP) is 1.72. The van der Waals surface area contributed by atoms with Crippen LogP contribution >= 0.6 is 0 Å². The van der Waals surface area contributed by atoms with E-state index in [9.17, 15) is 4.21 Å². The van der Waals surface area contributed by atoms with E-state index in [-0.39, 0.29) is 0 Å². The predicted molar refractivity (Wildman–Crippen MR) is 63.4 cm³/mol. The highest BCUT2D eigenvalue weighted by Crippen LogP contribution is 2.16. The van der Waals surface area contributed by atoms with Crippen molar-refractivity contribution >= 4 is 16.5 Å². The average molecular weight is 227 g/mol. The van der Waals surface area contributed by atoms with Crippen LogP contribution in [-0.4, -0.2) is 23.7 Å². The summed E-state index contributed by atoms with van der Waals surface area (Å²) in [5.74, 6) is 0.637. The maximum Gasteiger partial charge on any atom is 0.0533 e. The van der Waals surface area contributed by atoms with Gasteiger partial charge in [0.25, 0.3) is 0 Å². The molecule has 0 saturated heterocycles. The van der Waals surface area contributed by atoms with Crippen LogP contribution in [0.3, 0.4) is 0 Å². The highest BCUT2D eigenvalue weighted by molar-refractivity contribution is 7.85. The molecule has 2 N–H and O–H groups in total. The standard InChI is InChI=1S/C11H17NO2S/c1-9-8-10(12)4-5-11(9)15(13)7-3-6-14-2/h4-5,8H,3,6-7,12H2,1-2H3. The molecule has 84 valence electrons. The summed E-state index contributed by atoms with van der Waals surface area (Å²) in [7, 11) is 0.710. The Morgan fingerprint density at radius 2 is 2.20 bits per heavy atom. The summed E-state index contributed by atoms with van der Waals surface area (Å²) >= 11 is 0. The number of ether oxygens (including phenoxy) is 1. The van der Waals surface area contributed by atoms with Crippen molar-refractivity contribution in [3.8, 4) is 0 Å². The van der Waals surface area contributed by atoms with Crippen LogP contribution in [0.5, 0.6) is 0 Å². The number of nitrogens with two attached hydrogens (primary N) is 1. The van der Waals surface area contributed by atoms with E-state index in [4.69, 9.17) is 10.5 Å². The molecule has 4 heteroatoms. The Morgan fingerprint density at radius 1 is 1.47 bits per heavy atom. The van der Waals surface area contributed by atoms with E-state index in [1.165, 1.54) is 0 Å². The van der Waals surface area contributed by atoms with Gasteiger partial charge in [-0.25, -0.2) is 0 Å². The number of nitrogen functional groups attached to an aromatic ring is 1. The summed E-state index contributed by atoms with van der Waals surface area (Å²) in [4.78, 5) is 0.875. The molecule has 0 fully saturated rings.